The van der Waals surface area contributed by atoms with Gasteiger partial charge in [-0.15, -0.1) is 11.3 Å². The summed E-state index contributed by atoms with van der Waals surface area (Å²) in [6.45, 7) is 0.438. The lowest BCUT2D eigenvalue weighted by atomic mass is 10.1. The van der Waals surface area contributed by atoms with Crippen molar-refractivity contribution < 1.29 is 13.9 Å². The third-order valence-corrected chi connectivity index (χ3v) is 5.59. The second kappa shape index (κ2) is 10.00. The van der Waals surface area contributed by atoms with Crippen LogP contribution in [0.4, 0.5) is 4.39 Å². The summed E-state index contributed by atoms with van der Waals surface area (Å²) < 4.78 is 18.8. The number of hydrogen-bond donors (Lipinski definition) is 1. The van der Waals surface area contributed by atoms with E-state index < -0.39 is 0 Å². The molecule has 0 aliphatic rings. The number of pyridine rings is 1. The van der Waals surface area contributed by atoms with E-state index in [-0.39, 0.29) is 11.7 Å². The number of halogens is 1. The predicted octanol–water partition coefficient (Wildman–Crippen LogP) is 5.99. The standard InChI is InChI=1S/C25H21FN2O2S/c26-20-9-11-21(12-10-20)30-22-6-1-4-18(16-22)8-13-24(29)28-17-19-5-2-14-27-25(19)23-7-3-15-31-23/h1-7,9-12,14-16H,8,13,17H2,(H,28,29). The summed E-state index contributed by atoms with van der Waals surface area (Å²) in [6, 6.07) is 21.3. The Labute approximate surface area is 184 Å². The lowest BCUT2D eigenvalue weighted by Crippen LogP contribution is -2.23. The van der Waals surface area contributed by atoms with Gasteiger partial charge >= 0.3 is 0 Å². The van der Waals surface area contributed by atoms with E-state index in [1.54, 1.807) is 29.7 Å². The van der Waals surface area contributed by atoms with E-state index in [9.17, 15) is 9.18 Å². The van der Waals surface area contributed by atoms with Crippen molar-refractivity contribution in [3.8, 4) is 22.1 Å². The van der Waals surface area contributed by atoms with Crippen LogP contribution in [0.5, 0.6) is 11.5 Å². The normalized spacial score (nSPS) is 10.6. The molecule has 0 radical (unpaired) electrons. The van der Waals surface area contributed by atoms with E-state index in [0.29, 0.717) is 30.9 Å². The molecule has 0 saturated carbocycles. The van der Waals surface area contributed by atoms with Crippen LogP contribution in [-0.2, 0) is 17.8 Å². The van der Waals surface area contributed by atoms with Crippen LogP contribution in [0, 0.1) is 5.82 Å². The van der Waals surface area contributed by atoms with Gasteiger partial charge in [-0.05, 0) is 71.5 Å². The first-order valence-electron chi connectivity index (χ1n) is 9.94. The average Bonchev–Trinajstić information content (AvgIpc) is 3.33. The number of ether oxygens (including phenoxy) is 1. The number of aryl methyl sites for hydroxylation is 1. The van der Waals surface area contributed by atoms with Crippen molar-refractivity contribution in [2.24, 2.45) is 0 Å². The lowest BCUT2D eigenvalue weighted by Gasteiger charge is -2.10. The third kappa shape index (κ3) is 5.77. The largest absolute Gasteiger partial charge is 0.457 e. The highest BCUT2D eigenvalue weighted by Gasteiger charge is 2.09. The van der Waals surface area contributed by atoms with Crippen LogP contribution in [0.2, 0.25) is 0 Å². The van der Waals surface area contributed by atoms with Crippen molar-refractivity contribution in [2.75, 3.05) is 0 Å². The van der Waals surface area contributed by atoms with Gasteiger partial charge in [-0.3, -0.25) is 9.78 Å². The van der Waals surface area contributed by atoms with Crippen LogP contribution in [0.3, 0.4) is 0 Å². The molecule has 31 heavy (non-hydrogen) atoms. The van der Waals surface area contributed by atoms with E-state index in [2.05, 4.69) is 10.3 Å². The van der Waals surface area contributed by atoms with Gasteiger partial charge in [-0.1, -0.05) is 24.3 Å². The Bertz CT molecular complexity index is 1140. The molecule has 4 nitrogen and oxygen atoms in total. The van der Waals surface area contributed by atoms with Gasteiger partial charge in [-0.2, -0.15) is 0 Å². The summed E-state index contributed by atoms with van der Waals surface area (Å²) in [5.41, 5.74) is 2.90. The number of carbonyl (C=O) groups is 1. The summed E-state index contributed by atoms with van der Waals surface area (Å²) >= 11 is 1.63. The number of nitrogens with one attached hydrogen (secondary N) is 1. The Hall–Kier alpha value is -3.51. The molecule has 4 aromatic rings. The molecule has 4 rings (SSSR count). The Balaban J connectivity index is 1.31. The molecule has 0 spiro atoms. The van der Waals surface area contributed by atoms with E-state index >= 15 is 0 Å². The molecule has 2 heterocycles. The Kier molecular flexibility index (Phi) is 6.69. The van der Waals surface area contributed by atoms with Gasteiger partial charge in [0.15, 0.2) is 0 Å². The third-order valence-electron chi connectivity index (χ3n) is 4.71. The molecule has 0 saturated heterocycles. The minimum absolute atomic E-state index is 0.0224. The molecule has 1 amide bonds. The highest BCUT2D eigenvalue weighted by Crippen LogP contribution is 2.26. The first-order chi connectivity index (χ1) is 15.2. The molecule has 0 unspecified atom stereocenters. The summed E-state index contributed by atoms with van der Waals surface area (Å²) in [5, 5.41) is 5.00. The number of benzene rings is 2. The van der Waals surface area contributed by atoms with E-state index in [0.717, 1.165) is 21.7 Å². The van der Waals surface area contributed by atoms with Gasteiger partial charge in [0.05, 0.1) is 10.6 Å². The average molecular weight is 433 g/mol. The van der Waals surface area contributed by atoms with Crippen molar-refractivity contribution in [1.82, 2.24) is 10.3 Å². The second-order valence-corrected chi connectivity index (χ2v) is 7.92. The Morgan fingerprint density at radius 1 is 1.00 bits per heavy atom. The zero-order valence-electron chi connectivity index (χ0n) is 16.8. The number of nitrogens with zero attached hydrogens (tertiary/aromatic N) is 1. The maximum Gasteiger partial charge on any atom is 0.220 e. The second-order valence-electron chi connectivity index (χ2n) is 6.97. The molecular formula is C25H21FN2O2S. The molecule has 0 bridgehead atoms. The number of rotatable bonds is 8. The fraction of sp³-hybridized carbons (Fsp3) is 0.120. The number of thiophene rings is 1. The van der Waals surface area contributed by atoms with Gasteiger partial charge in [-0.25, -0.2) is 4.39 Å². The van der Waals surface area contributed by atoms with Crippen LogP contribution in [-0.4, -0.2) is 10.9 Å². The van der Waals surface area contributed by atoms with E-state index in [1.165, 1.54) is 12.1 Å². The Morgan fingerprint density at radius 2 is 1.87 bits per heavy atom. The smallest absolute Gasteiger partial charge is 0.220 e. The fourth-order valence-corrected chi connectivity index (χ4v) is 3.92. The molecule has 2 aromatic heterocycles. The van der Waals surface area contributed by atoms with Gasteiger partial charge in [0.25, 0.3) is 0 Å². The monoisotopic (exact) mass is 432 g/mol. The van der Waals surface area contributed by atoms with Gasteiger partial charge in [0.1, 0.15) is 17.3 Å². The minimum atomic E-state index is -0.305. The van der Waals surface area contributed by atoms with E-state index in [4.69, 9.17) is 4.74 Å². The molecule has 2 aromatic carbocycles. The molecule has 6 heteroatoms. The molecule has 1 N–H and O–H groups in total. The summed E-state index contributed by atoms with van der Waals surface area (Å²) in [5.74, 6) is 0.890. The van der Waals surface area contributed by atoms with Crippen molar-refractivity contribution >= 4 is 17.2 Å². The minimum Gasteiger partial charge on any atom is -0.457 e. The summed E-state index contributed by atoms with van der Waals surface area (Å²) in [6.07, 6.45) is 2.73. The molecule has 156 valence electrons. The van der Waals surface area contributed by atoms with Crippen molar-refractivity contribution in [3.05, 3.63) is 101 Å². The van der Waals surface area contributed by atoms with Gasteiger partial charge in [0.2, 0.25) is 5.91 Å². The van der Waals surface area contributed by atoms with Crippen molar-refractivity contribution in [2.45, 2.75) is 19.4 Å². The highest BCUT2D eigenvalue weighted by molar-refractivity contribution is 7.13. The number of aromatic nitrogens is 1. The SMILES string of the molecule is O=C(CCc1cccc(Oc2ccc(F)cc2)c1)NCc1cccnc1-c1cccs1. The van der Waals surface area contributed by atoms with Gasteiger partial charge in [0, 0.05) is 19.2 Å². The van der Waals surface area contributed by atoms with E-state index in [1.807, 2.05) is 53.9 Å². The van der Waals surface area contributed by atoms with Gasteiger partial charge < -0.3 is 10.1 Å². The zero-order valence-corrected chi connectivity index (χ0v) is 17.6. The maximum absolute atomic E-state index is 13.0. The highest BCUT2D eigenvalue weighted by atomic mass is 32.1. The first kappa shape index (κ1) is 20.8. The maximum atomic E-state index is 13.0. The molecule has 0 aliphatic carbocycles. The lowest BCUT2D eigenvalue weighted by molar-refractivity contribution is -0.121. The number of carbonyl (C=O) groups excluding carboxylic acids is 1. The number of amides is 1. The van der Waals surface area contributed by atoms with Crippen molar-refractivity contribution in [1.29, 1.82) is 0 Å². The molecule has 0 aliphatic heterocycles. The summed E-state index contributed by atoms with van der Waals surface area (Å²) in [7, 11) is 0. The zero-order chi connectivity index (χ0) is 21.5. The summed E-state index contributed by atoms with van der Waals surface area (Å²) in [4.78, 5) is 18.0. The topological polar surface area (TPSA) is 51.2 Å². The quantitative estimate of drug-likeness (QED) is 0.372. The van der Waals surface area contributed by atoms with Crippen LogP contribution < -0.4 is 10.1 Å². The molecule has 0 atom stereocenters. The molecular weight excluding hydrogens is 411 g/mol. The fourth-order valence-electron chi connectivity index (χ4n) is 3.16. The van der Waals surface area contributed by atoms with Crippen LogP contribution in [0.15, 0.2) is 84.4 Å². The van der Waals surface area contributed by atoms with Crippen LogP contribution >= 0.6 is 11.3 Å². The molecule has 0 fully saturated rings. The Morgan fingerprint density at radius 3 is 2.68 bits per heavy atom. The van der Waals surface area contributed by atoms with Crippen molar-refractivity contribution in [3.63, 3.8) is 0 Å². The predicted molar refractivity (Wildman–Crippen MR) is 121 cm³/mol. The van der Waals surface area contributed by atoms with Crippen LogP contribution in [0.25, 0.3) is 10.6 Å². The first-order valence-corrected chi connectivity index (χ1v) is 10.8. The number of hydrogen-bond acceptors (Lipinski definition) is 4. The van der Waals surface area contributed by atoms with Crippen LogP contribution in [0.1, 0.15) is 17.5 Å².